The lowest BCUT2D eigenvalue weighted by Crippen LogP contribution is -1.89. The zero-order valence-electron chi connectivity index (χ0n) is 11.7. The third-order valence-electron chi connectivity index (χ3n) is 3.91. The van der Waals surface area contributed by atoms with Crippen LogP contribution in [0, 0.1) is 6.92 Å². The SMILES string of the molecule is Cc1cccc2c(-c3ccnc4ccccc34)ccnc12. The Morgan fingerprint density at radius 2 is 1.38 bits per heavy atom. The predicted molar refractivity (Wildman–Crippen MR) is 87.2 cm³/mol. The van der Waals surface area contributed by atoms with Gasteiger partial charge in [0.05, 0.1) is 11.0 Å². The number of benzene rings is 2. The van der Waals surface area contributed by atoms with Gasteiger partial charge in [0.1, 0.15) is 0 Å². The maximum atomic E-state index is 4.53. The van der Waals surface area contributed by atoms with Crippen LogP contribution in [0.5, 0.6) is 0 Å². The van der Waals surface area contributed by atoms with E-state index in [0.29, 0.717) is 0 Å². The lowest BCUT2D eigenvalue weighted by Gasteiger charge is -2.10. The van der Waals surface area contributed by atoms with Gasteiger partial charge < -0.3 is 0 Å². The predicted octanol–water partition coefficient (Wildman–Crippen LogP) is 4.76. The lowest BCUT2D eigenvalue weighted by molar-refractivity contribution is 1.36. The maximum absolute atomic E-state index is 4.53. The molecule has 0 fully saturated rings. The molecule has 0 spiro atoms. The molecule has 0 saturated heterocycles. The van der Waals surface area contributed by atoms with Gasteiger partial charge in [0.15, 0.2) is 0 Å². The first kappa shape index (κ1) is 12.0. The minimum Gasteiger partial charge on any atom is -0.256 e. The number of hydrogen-bond acceptors (Lipinski definition) is 2. The molecule has 4 aromatic rings. The van der Waals surface area contributed by atoms with Gasteiger partial charge >= 0.3 is 0 Å². The quantitative estimate of drug-likeness (QED) is 0.498. The number of pyridine rings is 2. The van der Waals surface area contributed by atoms with Crippen LogP contribution in [0.1, 0.15) is 5.56 Å². The van der Waals surface area contributed by atoms with Gasteiger partial charge in [-0.05, 0) is 41.8 Å². The summed E-state index contributed by atoms with van der Waals surface area (Å²) < 4.78 is 0. The molecule has 0 atom stereocenters. The summed E-state index contributed by atoms with van der Waals surface area (Å²) in [7, 11) is 0. The van der Waals surface area contributed by atoms with E-state index < -0.39 is 0 Å². The van der Waals surface area contributed by atoms with Gasteiger partial charge in [0.2, 0.25) is 0 Å². The summed E-state index contributed by atoms with van der Waals surface area (Å²) in [6.45, 7) is 2.10. The highest BCUT2D eigenvalue weighted by Crippen LogP contribution is 2.32. The maximum Gasteiger partial charge on any atom is 0.0737 e. The largest absolute Gasteiger partial charge is 0.256 e. The topological polar surface area (TPSA) is 25.8 Å². The molecule has 100 valence electrons. The molecule has 0 N–H and O–H groups in total. The van der Waals surface area contributed by atoms with E-state index in [1.165, 1.54) is 27.5 Å². The Hall–Kier alpha value is -2.74. The molecular formula is C19H14N2. The van der Waals surface area contributed by atoms with Crippen molar-refractivity contribution in [2.24, 2.45) is 0 Å². The van der Waals surface area contributed by atoms with Gasteiger partial charge in [-0.3, -0.25) is 9.97 Å². The third-order valence-corrected chi connectivity index (χ3v) is 3.91. The number of para-hydroxylation sites is 2. The molecule has 0 saturated carbocycles. The fourth-order valence-electron chi connectivity index (χ4n) is 2.89. The summed E-state index contributed by atoms with van der Waals surface area (Å²) in [5.41, 5.74) is 5.71. The summed E-state index contributed by atoms with van der Waals surface area (Å²) in [6.07, 6.45) is 3.76. The summed E-state index contributed by atoms with van der Waals surface area (Å²) in [5, 5.41) is 2.36. The van der Waals surface area contributed by atoms with Crippen molar-refractivity contribution in [2.75, 3.05) is 0 Å². The Balaban J connectivity index is 2.12. The molecule has 2 heterocycles. The molecule has 4 rings (SSSR count). The fraction of sp³-hybridized carbons (Fsp3) is 0.0526. The van der Waals surface area contributed by atoms with Crippen LogP contribution in [0.4, 0.5) is 0 Å². The Morgan fingerprint density at radius 1 is 0.667 bits per heavy atom. The van der Waals surface area contributed by atoms with Crippen LogP contribution in [0.2, 0.25) is 0 Å². The highest BCUT2D eigenvalue weighted by molar-refractivity contribution is 6.03. The number of rotatable bonds is 1. The molecule has 21 heavy (non-hydrogen) atoms. The van der Waals surface area contributed by atoms with Crippen molar-refractivity contribution in [3.8, 4) is 11.1 Å². The van der Waals surface area contributed by atoms with Crippen LogP contribution < -0.4 is 0 Å². The van der Waals surface area contributed by atoms with Crippen molar-refractivity contribution in [1.29, 1.82) is 0 Å². The Bertz CT molecular complexity index is 952. The molecule has 2 nitrogen and oxygen atoms in total. The second kappa shape index (κ2) is 4.67. The lowest BCUT2D eigenvalue weighted by atomic mass is 9.97. The molecule has 0 unspecified atom stereocenters. The average molecular weight is 270 g/mol. The molecule has 0 radical (unpaired) electrons. The normalized spacial score (nSPS) is 11.1. The van der Waals surface area contributed by atoms with Gasteiger partial charge in [0, 0.05) is 23.2 Å². The molecule has 0 aliphatic heterocycles. The first-order chi connectivity index (χ1) is 10.3. The van der Waals surface area contributed by atoms with Crippen LogP contribution in [-0.4, -0.2) is 9.97 Å². The van der Waals surface area contributed by atoms with E-state index in [4.69, 9.17) is 0 Å². The number of nitrogens with zero attached hydrogens (tertiary/aromatic N) is 2. The van der Waals surface area contributed by atoms with Crippen molar-refractivity contribution in [3.63, 3.8) is 0 Å². The second-order valence-corrected chi connectivity index (χ2v) is 5.21. The molecular weight excluding hydrogens is 256 g/mol. The van der Waals surface area contributed by atoms with E-state index in [1.54, 1.807) is 0 Å². The van der Waals surface area contributed by atoms with Crippen LogP contribution in [0.15, 0.2) is 67.0 Å². The smallest absolute Gasteiger partial charge is 0.0737 e. The molecule has 0 aliphatic rings. The highest BCUT2D eigenvalue weighted by Gasteiger charge is 2.09. The fourth-order valence-corrected chi connectivity index (χ4v) is 2.89. The van der Waals surface area contributed by atoms with Crippen LogP contribution >= 0.6 is 0 Å². The van der Waals surface area contributed by atoms with Crippen molar-refractivity contribution in [1.82, 2.24) is 9.97 Å². The summed E-state index contributed by atoms with van der Waals surface area (Å²) in [6, 6.07) is 18.8. The molecule has 2 heteroatoms. The Kier molecular flexibility index (Phi) is 2.68. The van der Waals surface area contributed by atoms with Gasteiger partial charge in [-0.2, -0.15) is 0 Å². The van der Waals surface area contributed by atoms with Crippen molar-refractivity contribution >= 4 is 21.8 Å². The molecule has 0 amide bonds. The first-order valence-corrected chi connectivity index (χ1v) is 7.03. The van der Waals surface area contributed by atoms with Crippen molar-refractivity contribution < 1.29 is 0 Å². The van der Waals surface area contributed by atoms with E-state index >= 15 is 0 Å². The van der Waals surface area contributed by atoms with Crippen LogP contribution in [-0.2, 0) is 0 Å². The van der Waals surface area contributed by atoms with Crippen molar-refractivity contribution in [2.45, 2.75) is 6.92 Å². The van der Waals surface area contributed by atoms with Crippen molar-refractivity contribution in [3.05, 3.63) is 72.6 Å². The summed E-state index contributed by atoms with van der Waals surface area (Å²) in [5.74, 6) is 0. The van der Waals surface area contributed by atoms with Crippen LogP contribution in [0.3, 0.4) is 0 Å². The molecule has 0 aliphatic carbocycles. The average Bonchev–Trinajstić information content (AvgIpc) is 2.54. The van der Waals surface area contributed by atoms with Gasteiger partial charge in [-0.15, -0.1) is 0 Å². The van der Waals surface area contributed by atoms with E-state index in [2.05, 4.69) is 59.4 Å². The zero-order chi connectivity index (χ0) is 14.2. The molecule has 0 bridgehead atoms. The summed E-state index contributed by atoms with van der Waals surface area (Å²) >= 11 is 0. The van der Waals surface area contributed by atoms with E-state index in [1.807, 2.05) is 24.5 Å². The standard InChI is InChI=1S/C19H14N2/c1-13-5-4-7-17-15(10-12-21-19(13)17)14-9-11-20-18-8-3-2-6-16(14)18/h2-12H,1H3. The minimum absolute atomic E-state index is 1.02. The third kappa shape index (κ3) is 1.88. The zero-order valence-corrected chi connectivity index (χ0v) is 11.7. The Labute approximate surface area is 123 Å². The van der Waals surface area contributed by atoms with E-state index in [-0.39, 0.29) is 0 Å². The van der Waals surface area contributed by atoms with E-state index in [0.717, 1.165) is 11.0 Å². The highest BCUT2D eigenvalue weighted by atomic mass is 14.7. The number of aryl methyl sites for hydroxylation is 1. The van der Waals surface area contributed by atoms with E-state index in [9.17, 15) is 0 Å². The minimum atomic E-state index is 1.02. The van der Waals surface area contributed by atoms with Crippen LogP contribution in [0.25, 0.3) is 32.9 Å². The monoisotopic (exact) mass is 270 g/mol. The summed E-state index contributed by atoms with van der Waals surface area (Å²) in [4.78, 5) is 8.98. The van der Waals surface area contributed by atoms with Gasteiger partial charge in [0.25, 0.3) is 0 Å². The van der Waals surface area contributed by atoms with Gasteiger partial charge in [-0.1, -0.05) is 36.4 Å². The first-order valence-electron chi connectivity index (χ1n) is 7.03. The molecule has 2 aromatic heterocycles. The number of aromatic nitrogens is 2. The molecule has 2 aromatic carbocycles. The second-order valence-electron chi connectivity index (χ2n) is 5.21. The number of hydrogen-bond donors (Lipinski definition) is 0. The Morgan fingerprint density at radius 3 is 2.29 bits per heavy atom. The number of fused-ring (bicyclic) bond motifs is 2. The van der Waals surface area contributed by atoms with Gasteiger partial charge in [-0.25, -0.2) is 0 Å².